The van der Waals surface area contributed by atoms with Gasteiger partial charge in [-0.25, -0.2) is 0 Å². The summed E-state index contributed by atoms with van der Waals surface area (Å²) in [5.74, 6) is 0. The number of hydrogen-bond acceptors (Lipinski definition) is 3. The highest BCUT2D eigenvalue weighted by atomic mass is 32.1. The molecule has 3 heteroatoms. The van der Waals surface area contributed by atoms with Crippen molar-refractivity contribution in [2.75, 3.05) is 6.61 Å². The van der Waals surface area contributed by atoms with Gasteiger partial charge in [-0.05, 0) is 23.9 Å². The van der Waals surface area contributed by atoms with E-state index in [1.807, 2.05) is 18.4 Å². The van der Waals surface area contributed by atoms with Crippen LogP contribution in [0.3, 0.4) is 0 Å². The highest BCUT2D eigenvalue weighted by Gasteiger charge is 2.06. The van der Waals surface area contributed by atoms with E-state index >= 15 is 0 Å². The van der Waals surface area contributed by atoms with Crippen molar-refractivity contribution < 1.29 is 10.2 Å². The molecule has 2 N–H and O–H groups in total. The first-order valence-electron chi connectivity index (χ1n) is 3.08. The normalized spacial score (nSPS) is 13.5. The molecule has 1 atom stereocenters. The Hall–Kier alpha value is -0.380. The number of hydrogen-bond donors (Lipinski definition) is 2. The first kappa shape index (κ1) is 7.72. The van der Waals surface area contributed by atoms with Crippen LogP contribution in [0.15, 0.2) is 11.4 Å². The summed E-state index contributed by atoms with van der Waals surface area (Å²) in [6, 6.07) is 1.88. The summed E-state index contributed by atoms with van der Waals surface area (Å²) in [6.07, 6.45) is -0.696. The molecule has 0 aliphatic heterocycles. The number of thiophene rings is 1. The molecule has 0 aliphatic rings. The quantitative estimate of drug-likeness (QED) is 0.676. The molecule has 0 fully saturated rings. The minimum atomic E-state index is -0.696. The first-order chi connectivity index (χ1) is 4.74. The van der Waals surface area contributed by atoms with Crippen LogP contribution in [0.5, 0.6) is 0 Å². The molecule has 1 unspecified atom stereocenters. The van der Waals surface area contributed by atoms with Crippen molar-refractivity contribution in [3.63, 3.8) is 0 Å². The third-order valence-corrected chi connectivity index (χ3v) is 2.40. The van der Waals surface area contributed by atoms with E-state index in [1.54, 1.807) is 0 Å². The lowest BCUT2D eigenvalue weighted by molar-refractivity contribution is 0.0983. The molecule has 0 saturated carbocycles. The van der Waals surface area contributed by atoms with Gasteiger partial charge in [0, 0.05) is 4.88 Å². The molecule has 0 aromatic carbocycles. The van der Waals surface area contributed by atoms with Gasteiger partial charge in [-0.3, -0.25) is 0 Å². The van der Waals surface area contributed by atoms with Crippen LogP contribution in [-0.2, 0) is 0 Å². The summed E-state index contributed by atoms with van der Waals surface area (Å²) in [5, 5.41) is 19.6. The van der Waals surface area contributed by atoms with Crippen LogP contribution < -0.4 is 0 Å². The van der Waals surface area contributed by atoms with Gasteiger partial charge in [-0.15, -0.1) is 11.3 Å². The van der Waals surface area contributed by atoms with E-state index in [1.165, 1.54) is 11.3 Å². The van der Waals surface area contributed by atoms with Crippen molar-refractivity contribution in [1.82, 2.24) is 0 Å². The van der Waals surface area contributed by atoms with Crippen molar-refractivity contribution in [2.24, 2.45) is 0 Å². The minimum Gasteiger partial charge on any atom is -0.393 e. The van der Waals surface area contributed by atoms with Crippen LogP contribution in [0.4, 0.5) is 0 Å². The summed E-state index contributed by atoms with van der Waals surface area (Å²) < 4.78 is 0. The fourth-order valence-electron chi connectivity index (χ4n) is 0.718. The number of aliphatic hydroxyl groups is 2. The van der Waals surface area contributed by atoms with Crippen LogP contribution >= 0.6 is 11.3 Å². The van der Waals surface area contributed by atoms with E-state index in [0.717, 1.165) is 10.4 Å². The molecule has 0 spiro atoms. The van der Waals surface area contributed by atoms with Gasteiger partial charge in [-0.1, -0.05) is 0 Å². The molecular weight excluding hydrogens is 148 g/mol. The fourth-order valence-corrected chi connectivity index (χ4v) is 1.59. The number of aliphatic hydroxyl groups excluding tert-OH is 2. The number of rotatable bonds is 2. The SMILES string of the molecule is Cc1csc(C(O)CO)c1. The van der Waals surface area contributed by atoms with Crippen molar-refractivity contribution in [2.45, 2.75) is 13.0 Å². The number of aryl methyl sites for hydroxylation is 1. The zero-order chi connectivity index (χ0) is 7.56. The van der Waals surface area contributed by atoms with Gasteiger partial charge in [0.2, 0.25) is 0 Å². The molecule has 0 amide bonds. The zero-order valence-corrected chi connectivity index (χ0v) is 6.56. The highest BCUT2D eigenvalue weighted by molar-refractivity contribution is 7.10. The fraction of sp³-hybridized carbons (Fsp3) is 0.429. The summed E-state index contributed by atoms with van der Waals surface area (Å²) in [5.41, 5.74) is 1.13. The van der Waals surface area contributed by atoms with E-state index in [0.29, 0.717) is 0 Å². The van der Waals surface area contributed by atoms with Crippen LogP contribution in [0, 0.1) is 6.92 Å². The standard InChI is InChI=1S/C7H10O2S/c1-5-2-7(10-4-5)6(9)3-8/h2,4,6,8-9H,3H2,1H3. The molecule has 56 valence electrons. The summed E-state index contributed by atoms with van der Waals surface area (Å²) in [7, 11) is 0. The van der Waals surface area contributed by atoms with Crippen LogP contribution in [-0.4, -0.2) is 16.8 Å². The van der Waals surface area contributed by atoms with E-state index in [9.17, 15) is 0 Å². The first-order valence-corrected chi connectivity index (χ1v) is 3.96. The summed E-state index contributed by atoms with van der Waals surface area (Å²) >= 11 is 1.47. The third-order valence-electron chi connectivity index (χ3n) is 1.25. The maximum absolute atomic E-state index is 9.10. The Kier molecular flexibility index (Phi) is 2.43. The zero-order valence-electron chi connectivity index (χ0n) is 5.74. The predicted molar refractivity (Wildman–Crippen MR) is 41.1 cm³/mol. The Bertz CT molecular complexity index is 207. The largest absolute Gasteiger partial charge is 0.393 e. The molecule has 10 heavy (non-hydrogen) atoms. The van der Waals surface area contributed by atoms with Gasteiger partial charge in [0.25, 0.3) is 0 Å². The van der Waals surface area contributed by atoms with Gasteiger partial charge >= 0.3 is 0 Å². The predicted octanol–water partition coefficient (Wildman–Crippen LogP) is 1.08. The Morgan fingerprint density at radius 1 is 1.70 bits per heavy atom. The maximum Gasteiger partial charge on any atom is 0.111 e. The minimum absolute atomic E-state index is 0.194. The van der Waals surface area contributed by atoms with Gasteiger partial charge in [0.1, 0.15) is 6.10 Å². The van der Waals surface area contributed by atoms with Crippen LogP contribution in [0.1, 0.15) is 16.5 Å². The van der Waals surface area contributed by atoms with E-state index in [4.69, 9.17) is 10.2 Å². The van der Waals surface area contributed by atoms with Crippen molar-refractivity contribution in [1.29, 1.82) is 0 Å². The molecule has 0 aliphatic carbocycles. The van der Waals surface area contributed by atoms with Crippen molar-refractivity contribution >= 4 is 11.3 Å². The average molecular weight is 158 g/mol. The lowest BCUT2D eigenvalue weighted by Gasteiger charge is -2.00. The van der Waals surface area contributed by atoms with Gasteiger partial charge in [0.15, 0.2) is 0 Å². The topological polar surface area (TPSA) is 40.5 Å². The highest BCUT2D eigenvalue weighted by Crippen LogP contribution is 2.20. The second-order valence-corrected chi connectivity index (χ2v) is 3.17. The molecule has 1 rings (SSSR count). The van der Waals surface area contributed by atoms with Gasteiger partial charge in [0.05, 0.1) is 6.61 Å². The van der Waals surface area contributed by atoms with Gasteiger partial charge in [-0.2, -0.15) is 0 Å². The molecule has 2 nitrogen and oxygen atoms in total. The Balaban J connectivity index is 2.74. The second kappa shape index (κ2) is 3.14. The molecule has 0 radical (unpaired) electrons. The van der Waals surface area contributed by atoms with E-state index in [-0.39, 0.29) is 6.61 Å². The molecule has 1 aromatic rings. The van der Waals surface area contributed by atoms with Crippen LogP contribution in [0.2, 0.25) is 0 Å². The second-order valence-electron chi connectivity index (χ2n) is 2.22. The lowest BCUT2D eigenvalue weighted by atomic mass is 10.3. The maximum atomic E-state index is 9.10. The van der Waals surface area contributed by atoms with Crippen LogP contribution in [0.25, 0.3) is 0 Å². The summed E-state index contributed by atoms with van der Waals surface area (Å²) in [4.78, 5) is 0.833. The lowest BCUT2D eigenvalue weighted by Crippen LogP contribution is -1.98. The molecule has 0 bridgehead atoms. The molecule has 1 heterocycles. The summed E-state index contributed by atoms with van der Waals surface area (Å²) in [6.45, 7) is 1.77. The van der Waals surface area contributed by atoms with Crippen molar-refractivity contribution in [3.05, 3.63) is 21.9 Å². The van der Waals surface area contributed by atoms with Gasteiger partial charge < -0.3 is 10.2 Å². The van der Waals surface area contributed by atoms with E-state index < -0.39 is 6.10 Å². The molecular formula is C7H10O2S. The van der Waals surface area contributed by atoms with Crippen molar-refractivity contribution in [3.8, 4) is 0 Å². The smallest absolute Gasteiger partial charge is 0.111 e. The third kappa shape index (κ3) is 1.56. The van der Waals surface area contributed by atoms with E-state index in [2.05, 4.69) is 0 Å². The Labute approximate surface area is 63.8 Å². The monoisotopic (exact) mass is 158 g/mol. The Morgan fingerprint density at radius 3 is 2.80 bits per heavy atom. The average Bonchev–Trinajstić information content (AvgIpc) is 2.34. The molecule has 0 saturated heterocycles. The molecule has 1 aromatic heterocycles. The Morgan fingerprint density at radius 2 is 2.40 bits per heavy atom.